The summed E-state index contributed by atoms with van der Waals surface area (Å²) in [6.45, 7) is 0.948. The smallest absolute Gasteiger partial charge is 0.202 e. The van der Waals surface area contributed by atoms with E-state index in [0.29, 0.717) is 10.9 Å². The molecule has 3 heterocycles. The zero-order valence-electron chi connectivity index (χ0n) is 13.2. The molecule has 0 saturated heterocycles. The first-order valence-corrected chi connectivity index (χ1v) is 8.83. The van der Waals surface area contributed by atoms with E-state index in [1.165, 1.54) is 19.3 Å². The van der Waals surface area contributed by atoms with Crippen molar-refractivity contribution in [3.05, 3.63) is 40.9 Å². The van der Waals surface area contributed by atoms with Crippen LogP contribution in [0.15, 0.2) is 24.3 Å². The van der Waals surface area contributed by atoms with E-state index in [-0.39, 0.29) is 0 Å². The Hall–Kier alpha value is -2.21. The zero-order chi connectivity index (χ0) is 16.1. The Morgan fingerprint density at radius 1 is 1.00 bits per heavy atom. The van der Waals surface area contributed by atoms with E-state index in [4.69, 9.17) is 21.7 Å². The summed E-state index contributed by atoms with van der Waals surface area (Å²) in [6.07, 6.45) is 5.65. The first-order valence-electron chi connectivity index (χ1n) is 8.45. The Bertz CT molecular complexity index is 890. The van der Waals surface area contributed by atoms with Gasteiger partial charge in [-0.1, -0.05) is 11.6 Å². The van der Waals surface area contributed by atoms with Crippen LogP contribution in [0.3, 0.4) is 0 Å². The molecule has 0 amide bonds. The number of hydrogen-bond donors (Lipinski definition) is 0. The minimum absolute atomic E-state index is 0.487. The van der Waals surface area contributed by atoms with Gasteiger partial charge in [0.25, 0.3) is 0 Å². The fraction of sp³-hybridized carbons (Fsp3) is 0.412. The van der Waals surface area contributed by atoms with Crippen LogP contribution < -0.4 is 0 Å². The molecular weight excluding hydrogens is 324 g/mol. The standard InChI is InChI=1S/C17H17ClN6/c18-12-6-8-13(9-7-12)24-16(19-15(22-24)11-4-5-11)17-21-20-14-3-1-2-10-23(14)17/h6-9,11H,1-5,10H2. The molecule has 7 heteroatoms. The average Bonchev–Trinajstić information content (AvgIpc) is 3.23. The number of aryl methyl sites for hydroxylation is 1. The van der Waals surface area contributed by atoms with Crippen molar-refractivity contribution in [2.24, 2.45) is 0 Å². The lowest BCUT2D eigenvalue weighted by Crippen LogP contribution is -2.13. The molecule has 0 radical (unpaired) electrons. The summed E-state index contributed by atoms with van der Waals surface area (Å²) in [5.74, 6) is 4.04. The van der Waals surface area contributed by atoms with E-state index in [1.54, 1.807) is 0 Å². The van der Waals surface area contributed by atoms with Crippen molar-refractivity contribution in [3.8, 4) is 17.3 Å². The highest BCUT2D eigenvalue weighted by Gasteiger charge is 2.31. The molecule has 5 rings (SSSR count). The van der Waals surface area contributed by atoms with Crippen LogP contribution in [0.1, 0.15) is 43.3 Å². The zero-order valence-corrected chi connectivity index (χ0v) is 13.9. The van der Waals surface area contributed by atoms with Crippen LogP contribution >= 0.6 is 11.6 Å². The van der Waals surface area contributed by atoms with Crippen LogP contribution in [0.25, 0.3) is 17.3 Å². The molecular formula is C17H17ClN6. The molecule has 3 aromatic rings. The van der Waals surface area contributed by atoms with Crippen molar-refractivity contribution in [1.82, 2.24) is 29.5 Å². The average molecular weight is 341 g/mol. The molecule has 1 fully saturated rings. The maximum atomic E-state index is 6.03. The lowest BCUT2D eigenvalue weighted by atomic mass is 10.1. The van der Waals surface area contributed by atoms with E-state index >= 15 is 0 Å². The quantitative estimate of drug-likeness (QED) is 0.733. The Balaban J connectivity index is 1.67. The van der Waals surface area contributed by atoms with Gasteiger partial charge in [0.05, 0.1) is 5.69 Å². The molecule has 122 valence electrons. The SMILES string of the molecule is Clc1ccc(-n2nc(C3CC3)nc2-c2nnc3n2CCCC3)cc1. The van der Waals surface area contributed by atoms with Gasteiger partial charge in [-0.3, -0.25) is 0 Å². The molecule has 1 aromatic carbocycles. The molecule has 1 aliphatic carbocycles. The number of aromatic nitrogens is 6. The minimum atomic E-state index is 0.487. The van der Waals surface area contributed by atoms with Crippen molar-refractivity contribution in [2.45, 2.75) is 44.6 Å². The number of rotatable bonds is 3. The Labute approximate surface area is 144 Å². The maximum Gasteiger partial charge on any atom is 0.202 e. The molecule has 0 N–H and O–H groups in total. The van der Waals surface area contributed by atoms with Gasteiger partial charge >= 0.3 is 0 Å². The van der Waals surface area contributed by atoms with Crippen molar-refractivity contribution < 1.29 is 0 Å². The summed E-state index contributed by atoms with van der Waals surface area (Å²) in [7, 11) is 0. The third-order valence-electron chi connectivity index (χ3n) is 4.70. The number of benzene rings is 1. The van der Waals surface area contributed by atoms with Gasteiger partial charge in [-0.2, -0.15) is 5.10 Å². The highest BCUT2D eigenvalue weighted by molar-refractivity contribution is 6.30. The Kier molecular flexibility index (Phi) is 3.19. The lowest BCUT2D eigenvalue weighted by molar-refractivity contribution is 0.524. The fourth-order valence-corrected chi connectivity index (χ4v) is 3.35. The molecule has 2 aliphatic rings. The van der Waals surface area contributed by atoms with Crippen LogP contribution in [-0.2, 0) is 13.0 Å². The van der Waals surface area contributed by atoms with E-state index in [1.807, 2.05) is 28.9 Å². The van der Waals surface area contributed by atoms with Crippen LogP contribution in [-0.4, -0.2) is 29.5 Å². The van der Waals surface area contributed by atoms with Crippen LogP contribution in [0, 0.1) is 0 Å². The topological polar surface area (TPSA) is 61.4 Å². The van der Waals surface area contributed by atoms with Gasteiger partial charge in [-0.05, 0) is 49.9 Å². The van der Waals surface area contributed by atoms with Gasteiger partial charge in [0.2, 0.25) is 11.6 Å². The maximum absolute atomic E-state index is 6.03. The predicted octanol–water partition coefficient (Wildman–Crippen LogP) is 3.39. The van der Waals surface area contributed by atoms with Gasteiger partial charge in [-0.25, -0.2) is 9.67 Å². The van der Waals surface area contributed by atoms with Crippen LogP contribution in [0.2, 0.25) is 5.02 Å². The molecule has 2 aromatic heterocycles. The van der Waals surface area contributed by atoms with Crippen molar-refractivity contribution >= 4 is 11.6 Å². The summed E-state index contributed by atoms with van der Waals surface area (Å²) >= 11 is 6.03. The second kappa shape index (κ2) is 5.41. The first-order chi connectivity index (χ1) is 11.8. The fourth-order valence-electron chi connectivity index (χ4n) is 3.22. The summed E-state index contributed by atoms with van der Waals surface area (Å²) in [6, 6.07) is 7.67. The van der Waals surface area contributed by atoms with Crippen LogP contribution in [0.5, 0.6) is 0 Å². The number of hydrogen-bond acceptors (Lipinski definition) is 4. The molecule has 1 aliphatic heterocycles. The molecule has 6 nitrogen and oxygen atoms in total. The Morgan fingerprint density at radius 2 is 1.83 bits per heavy atom. The van der Waals surface area contributed by atoms with E-state index in [0.717, 1.165) is 48.4 Å². The highest BCUT2D eigenvalue weighted by Crippen LogP contribution is 2.39. The summed E-state index contributed by atoms with van der Waals surface area (Å²) in [4.78, 5) is 4.82. The molecule has 0 bridgehead atoms. The summed E-state index contributed by atoms with van der Waals surface area (Å²) in [5, 5.41) is 14.3. The van der Waals surface area contributed by atoms with Crippen molar-refractivity contribution in [3.63, 3.8) is 0 Å². The number of fused-ring (bicyclic) bond motifs is 1. The van der Waals surface area contributed by atoms with Gasteiger partial charge in [-0.15, -0.1) is 10.2 Å². The lowest BCUT2D eigenvalue weighted by Gasteiger charge is -2.14. The third-order valence-corrected chi connectivity index (χ3v) is 4.95. The third kappa shape index (κ3) is 2.33. The van der Waals surface area contributed by atoms with Crippen molar-refractivity contribution in [1.29, 1.82) is 0 Å². The summed E-state index contributed by atoms with van der Waals surface area (Å²) < 4.78 is 4.08. The van der Waals surface area contributed by atoms with E-state index in [2.05, 4.69) is 14.8 Å². The minimum Gasteiger partial charge on any atom is -0.308 e. The molecule has 1 saturated carbocycles. The van der Waals surface area contributed by atoms with Gasteiger partial charge in [0.15, 0.2) is 5.82 Å². The van der Waals surface area contributed by atoms with Gasteiger partial charge < -0.3 is 4.57 Å². The molecule has 0 unspecified atom stereocenters. The van der Waals surface area contributed by atoms with Gasteiger partial charge in [0, 0.05) is 23.9 Å². The van der Waals surface area contributed by atoms with Crippen molar-refractivity contribution in [2.75, 3.05) is 0 Å². The monoisotopic (exact) mass is 340 g/mol. The predicted molar refractivity (Wildman–Crippen MR) is 90.3 cm³/mol. The number of halogens is 1. The molecule has 0 atom stereocenters. The van der Waals surface area contributed by atoms with E-state index in [9.17, 15) is 0 Å². The Morgan fingerprint density at radius 3 is 2.62 bits per heavy atom. The van der Waals surface area contributed by atoms with Crippen LogP contribution in [0.4, 0.5) is 0 Å². The second-order valence-electron chi connectivity index (χ2n) is 6.50. The second-order valence-corrected chi connectivity index (χ2v) is 6.94. The molecule has 24 heavy (non-hydrogen) atoms. The number of nitrogens with zero attached hydrogens (tertiary/aromatic N) is 6. The highest BCUT2D eigenvalue weighted by atomic mass is 35.5. The van der Waals surface area contributed by atoms with E-state index < -0.39 is 0 Å². The van der Waals surface area contributed by atoms with Gasteiger partial charge in [0.1, 0.15) is 5.82 Å². The largest absolute Gasteiger partial charge is 0.308 e. The summed E-state index contributed by atoms with van der Waals surface area (Å²) in [5.41, 5.74) is 0.946. The normalized spacial score (nSPS) is 17.0. The molecule has 0 spiro atoms. The first kappa shape index (κ1) is 14.2.